The lowest BCUT2D eigenvalue weighted by Gasteiger charge is -2.34. The van der Waals surface area contributed by atoms with Crippen molar-refractivity contribution in [3.05, 3.63) is 24.3 Å². The predicted molar refractivity (Wildman–Crippen MR) is 125 cm³/mol. The second kappa shape index (κ2) is 14.1. The Hall–Kier alpha value is -1.99. The first-order valence-corrected chi connectivity index (χ1v) is 11.4. The molecule has 0 aliphatic carbocycles. The topological polar surface area (TPSA) is 61.4 Å². The number of likely N-dealkylation sites (N-methyl/N-ethyl adjacent to an activating group) is 1. The van der Waals surface area contributed by atoms with Crippen molar-refractivity contribution in [2.24, 2.45) is 4.99 Å². The van der Waals surface area contributed by atoms with Gasteiger partial charge in [0.05, 0.1) is 13.7 Å². The molecule has 0 bridgehead atoms. The molecule has 0 aromatic heterocycles. The van der Waals surface area contributed by atoms with Crippen LogP contribution in [-0.4, -0.2) is 87.9 Å². The molecule has 0 spiro atoms. The molecule has 7 heteroatoms. The predicted octanol–water partition coefficient (Wildman–Crippen LogP) is 2.44. The first-order chi connectivity index (χ1) is 14.6. The highest BCUT2D eigenvalue weighted by Crippen LogP contribution is 2.19. The number of guanidine groups is 1. The van der Waals surface area contributed by atoms with E-state index >= 15 is 0 Å². The first-order valence-electron chi connectivity index (χ1n) is 11.4. The molecular formula is C23H41N5O2. The van der Waals surface area contributed by atoms with Gasteiger partial charge in [-0.05, 0) is 51.9 Å². The highest BCUT2D eigenvalue weighted by molar-refractivity contribution is 5.79. The van der Waals surface area contributed by atoms with Gasteiger partial charge in [-0.1, -0.05) is 13.0 Å². The Morgan fingerprint density at radius 3 is 2.50 bits per heavy atom. The van der Waals surface area contributed by atoms with Crippen LogP contribution < -0.4 is 20.1 Å². The second-order valence-corrected chi connectivity index (χ2v) is 7.74. The molecule has 0 amide bonds. The van der Waals surface area contributed by atoms with Gasteiger partial charge in [0.25, 0.3) is 0 Å². The molecule has 1 aromatic rings. The summed E-state index contributed by atoms with van der Waals surface area (Å²) in [4.78, 5) is 9.79. The van der Waals surface area contributed by atoms with Gasteiger partial charge in [0.2, 0.25) is 0 Å². The number of benzene rings is 1. The molecule has 2 rings (SSSR count). The third-order valence-corrected chi connectivity index (χ3v) is 5.33. The Labute approximate surface area is 182 Å². The van der Waals surface area contributed by atoms with Gasteiger partial charge in [0.1, 0.15) is 17.6 Å². The smallest absolute Gasteiger partial charge is 0.191 e. The number of nitrogens with one attached hydrogen (secondary N) is 2. The SMILES string of the molecule is CCNC(=NCC(C)Oc1cccc(OC)c1)NCCCCN1CCN(CC)CC1. The van der Waals surface area contributed by atoms with Crippen LogP contribution in [0.2, 0.25) is 0 Å². The van der Waals surface area contributed by atoms with Gasteiger partial charge in [-0.25, -0.2) is 4.99 Å². The van der Waals surface area contributed by atoms with Crippen LogP contribution in [-0.2, 0) is 0 Å². The molecule has 170 valence electrons. The van der Waals surface area contributed by atoms with E-state index in [1.807, 2.05) is 31.2 Å². The third kappa shape index (κ3) is 9.22. The largest absolute Gasteiger partial charge is 0.497 e. The van der Waals surface area contributed by atoms with Gasteiger partial charge >= 0.3 is 0 Å². The van der Waals surface area contributed by atoms with E-state index in [1.165, 1.54) is 45.7 Å². The zero-order chi connectivity index (χ0) is 21.6. The second-order valence-electron chi connectivity index (χ2n) is 7.74. The van der Waals surface area contributed by atoms with Crippen molar-refractivity contribution in [1.29, 1.82) is 0 Å². The summed E-state index contributed by atoms with van der Waals surface area (Å²) < 4.78 is 11.2. The first kappa shape index (κ1) is 24.3. The number of unbranched alkanes of at least 4 members (excludes halogenated alkanes) is 1. The lowest BCUT2D eigenvalue weighted by molar-refractivity contribution is 0.136. The molecule has 1 fully saturated rings. The fraction of sp³-hybridized carbons (Fsp3) is 0.696. The van der Waals surface area contributed by atoms with E-state index in [-0.39, 0.29) is 6.10 Å². The van der Waals surface area contributed by atoms with Crippen LogP contribution >= 0.6 is 0 Å². The standard InChI is InChI=1S/C23H41N5O2/c1-5-24-23(25-12-7-8-13-28-16-14-27(6-2)15-17-28)26-19-20(3)30-22-11-9-10-21(18-22)29-4/h9-11,18,20H,5-8,12-17,19H2,1-4H3,(H2,24,25,26). The molecule has 30 heavy (non-hydrogen) atoms. The molecule has 7 nitrogen and oxygen atoms in total. The molecule has 1 saturated heterocycles. The van der Waals surface area contributed by atoms with Crippen molar-refractivity contribution < 1.29 is 9.47 Å². The summed E-state index contributed by atoms with van der Waals surface area (Å²) in [6.07, 6.45) is 2.34. The van der Waals surface area contributed by atoms with Crippen molar-refractivity contribution in [1.82, 2.24) is 20.4 Å². The van der Waals surface area contributed by atoms with Gasteiger partial charge < -0.3 is 29.9 Å². The fourth-order valence-electron chi connectivity index (χ4n) is 3.50. The van der Waals surface area contributed by atoms with Crippen molar-refractivity contribution in [3.63, 3.8) is 0 Å². The van der Waals surface area contributed by atoms with Crippen molar-refractivity contribution in [2.45, 2.75) is 39.7 Å². The Morgan fingerprint density at radius 1 is 1.07 bits per heavy atom. The number of methoxy groups -OCH3 is 1. The Bertz CT molecular complexity index is 617. The molecule has 1 unspecified atom stereocenters. The number of hydrogen-bond acceptors (Lipinski definition) is 5. The maximum Gasteiger partial charge on any atom is 0.191 e. The number of nitrogens with zero attached hydrogens (tertiary/aromatic N) is 3. The zero-order valence-electron chi connectivity index (χ0n) is 19.3. The maximum absolute atomic E-state index is 5.96. The highest BCUT2D eigenvalue weighted by atomic mass is 16.5. The molecule has 1 aliphatic heterocycles. The molecule has 1 heterocycles. The summed E-state index contributed by atoms with van der Waals surface area (Å²) in [6, 6.07) is 7.67. The Balaban J connectivity index is 1.65. The summed E-state index contributed by atoms with van der Waals surface area (Å²) in [5.41, 5.74) is 0. The van der Waals surface area contributed by atoms with Crippen LogP contribution in [0.15, 0.2) is 29.3 Å². The molecule has 0 radical (unpaired) electrons. The summed E-state index contributed by atoms with van der Waals surface area (Å²) >= 11 is 0. The number of hydrogen-bond donors (Lipinski definition) is 2. The highest BCUT2D eigenvalue weighted by Gasteiger charge is 2.14. The molecule has 1 aliphatic rings. The summed E-state index contributed by atoms with van der Waals surface area (Å²) in [7, 11) is 1.66. The van der Waals surface area contributed by atoms with Gasteiger partial charge in [0, 0.05) is 45.3 Å². The van der Waals surface area contributed by atoms with Gasteiger partial charge in [-0.2, -0.15) is 0 Å². The van der Waals surface area contributed by atoms with Crippen molar-refractivity contribution >= 4 is 5.96 Å². The normalized spacial score (nSPS) is 16.9. The van der Waals surface area contributed by atoms with E-state index < -0.39 is 0 Å². The van der Waals surface area contributed by atoms with E-state index in [0.29, 0.717) is 6.54 Å². The number of ether oxygens (including phenoxy) is 2. The van der Waals surface area contributed by atoms with Crippen LogP contribution in [0.3, 0.4) is 0 Å². The minimum atomic E-state index is -0.0191. The van der Waals surface area contributed by atoms with E-state index in [2.05, 4.69) is 39.3 Å². The number of piperazine rings is 1. The monoisotopic (exact) mass is 419 g/mol. The third-order valence-electron chi connectivity index (χ3n) is 5.33. The summed E-state index contributed by atoms with van der Waals surface area (Å²) in [5, 5.41) is 6.77. The van der Waals surface area contributed by atoms with E-state index in [1.54, 1.807) is 7.11 Å². The lowest BCUT2D eigenvalue weighted by Crippen LogP contribution is -2.46. The number of aliphatic imine (C=N–C) groups is 1. The van der Waals surface area contributed by atoms with Crippen LogP contribution in [0.1, 0.15) is 33.6 Å². The van der Waals surface area contributed by atoms with Gasteiger partial charge in [0.15, 0.2) is 5.96 Å². The Morgan fingerprint density at radius 2 is 1.80 bits per heavy atom. The van der Waals surface area contributed by atoms with Crippen molar-refractivity contribution in [3.8, 4) is 11.5 Å². The average molecular weight is 420 g/mol. The van der Waals surface area contributed by atoms with Crippen LogP contribution in [0.25, 0.3) is 0 Å². The van der Waals surface area contributed by atoms with Crippen LogP contribution in [0.4, 0.5) is 0 Å². The molecule has 1 aromatic carbocycles. The minimum absolute atomic E-state index is 0.0191. The van der Waals surface area contributed by atoms with Crippen LogP contribution in [0, 0.1) is 0 Å². The van der Waals surface area contributed by atoms with E-state index in [4.69, 9.17) is 9.47 Å². The number of rotatable bonds is 12. The molecule has 1 atom stereocenters. The van der Waals surface area contributed by atoms with E-state index in [0.717, 1.165) is 37.0 Å². The average Bonchev–Trinajstić information content (AvgIpc) is 2.77. The zero-order valence-corrected chi connectivity index (χ0v) is 19.3. The van der Waals surface area contributed by atoms with Gasteiger partial charge in [-0.3, -0.25) is 0 Å². The molecule has 0 saturated carbocycles. The molecular weight excluding hydrogens is 378 g/mol. The fourth-order valence-corrected chi connectivity index (χ4v) is 3.50. The van der Waals surface area contributed by atoms with Crippen LogP contribution in [0.5, 0.6) is 11.5 Å². The summed E-state index contributed by atoms with van der Waals surface area (Å²) in [5.74, 6) is 2.45. The quantitative estimate of drug-likeness (QED) is 0.308. The lowest BCUT2D eigenvalue weighted by atomic mass is 10.2. The van der Waals surface area contributed by atoms with Gasteiger partial charge in [-0.15, -0.1) is 0 Å². The Kier molecular flexibility index (Phi) is 11.4. The molecule has 2 N–H and O–H groups in total. The summed E-state index contributed by atoms with van der Waals surface area (Å²) in [6.45, 7) is 15.9. The maximum atomic E-state index is 5.96. The minimum Gasteiger partial charge on any atom is -0.497 e. The van der Waals surface area contributed by atoms with E-state index in [9.17, 15) is 0 Å². The van der Waals surface area contributed by atoms with Crippen molar-refractivity contribution in [2.75, 3.05) is 66.0 Å².